The quantitative estimate of drug-likeness (QED) is 0.398. The molecule has 31 heavy (non-hydrogen) atoms. The Bertz CT molecular complexity index is 1260. The zero-order valence-electron chi connectivity index (χ0n) is 16.0. The van der Waals surface area contributed by atoms with Crippen molar-refractivity contribution >= 4 is 44.6 Å². The van der Waals surface area contributed by atoms with Crippen molar-refractivity contribution in [1.29, 1.82) is 0 Å². The number of para-hydroxylation sites is 1. The van der Waals surface area contributed by atoms with E-state index in [-0.39, 0.29) is 21.2 Å². The molecule has 3 aromatic carbocycles. The number of hydrogen-bond donors (Lipinski definition) is 2. The molecule has 160 valence electrons. The van der Waals surface area contributed by atoms with Gasteiger partial charge in [0.05, 0.1) is 28.2 Å². The van der Waals surface area contributed by atoms with Crippen molar-refractivity contribution in [3.63, 3.8) is 0 Å². The Balaban J connectivity index is 1.90. The lowest BCUT2D eigenvalue weighted by molar-refractivity contribution is -0.384. The Hall–Kier alpha value is -3.63. The molecule has 0 atom stereocenters. The minimum absolute atomic E-state index is 0.000462. The molecule has 0 unspecified atom stereocenters. The van der Waals surface area contributed by atoms with Crippen molar-refractivity contribution in [2.24, 2.45) is 0 Å². The number of ether oxygens (including phenoxy) is 1. The minimum Gasteiger partial charge on any atom is -0.497 e. The fourth-order valence-corrected chi connectivity index (χ4v) is 3.96. The maximum absolute atomic E-state index is 12.8. The number of nitrogens with zero attached hydrogens (tertiary/aromatic N) is 1. The number of carbonyl (C=O) groups is 1. The van der Waals surface area contributed by atoms with Crippen LogP contribution in [-0.2, 0) is 10.0 Å². The van der Waals surface area contributed by atoms with E-state index in [9.17, 15) is 23.3 Å². The van der Waals surface area contributed by atoms with Crippen LogP contribution < -0.4 is 14.8 Å². The molecule has 1 amide bonds. The van der Waals surface area contributed by atoms with Crippen LogP contribution in [0.25, 0.3) is 0 Å². The van der Waals surface area contributed by atoms with Gasteiger partial charge in [0.1, 0.15) is 10.8 Å². The summed E-state index contributed by atoms with van der Waals surface area (Å²) in [6.07, 6.45) is 0. The number of amides is 1. The maximum atomic E-state index is 12.8. The second kappa shape index (κ2) is 9.02. The minimum atomic E-state index is -4.24. The number of benzene rings is 3. The van der Waals surface area contributed by atoms with Crippen LogP contribution in [0.15, 0.2) is 71.6 Å². The largest absolute Gasteiger partial charge is 0.497 e. The van der Waals surface area contributed by atoms with Crippen LogP contribution in [0.1, 0.15) is 10.4 Å². The third-order valence-corrected chi connectivity index (χ3v) is 5.85. The second-order valence-corrected chi connectivity index (χ2v) is 8.30. The molecule has 0 bridgehead atoms. The van der Waals surface area contributed by atoms with E-state index in [1.807, 2.05) is 0 Å². The number of nitro benzene ring substituents is 1. The van der Waals surface area contributed by atoms with E-state index in [1.54, 1.807) is 36.4 Å². The molecule has 0 aliphatic rings. The first kappa shape index (κ1) is 22.1. The lowest BCUT2D eigenvalue weighted by atomic mass is 10.1. The topological polar surface area (TPSA) is 128 Å². The summed E-state index contributed by atoms with van der Waals surface area (Å²) in [5.41, 5.74) is -0.0400. The molecule has 2 N–H and O–H groups in total. The van der Waals surface area contributed by atoms with Crippen molar-refractivity contribution in [1.82, 2.24) is 0 Å². The highest BCUT2D eigenvalue weighted by Gasteiger charge is 2.23. The molecule has 0 aliphatic carbocycles. The van der Waals surface area contributed by atoms with E-state index in [0.717, 1.165) is 18.2 Å². The number of nitro groups is 1. The Morgan fingerprint density at radius 1 is 1.06 bits per heavy atom. The first-order valence-corrected chi connectivity index (χ1v) is 10.6. The van der Waals surface area contributed by atoms with Gasteiger partial charge < -0.3 is 10.1 Å². The molecule has 0 spiro atoms. The second-order valence-electron chi connectivity index (χ2n) is 6.21. The van der Waals surface area contributed by atoms with Gasteiger partial charge in [-0.05, 0) is 36.4 Å². The SMILES string of the molecule is COc1cccc(NC(=O)c2ccccc2NS(=O)(=O)c2ccc(Cl)c([N+](=O)[O-])c2)c1. The first-order chi connectivity index (χ1) is 14.7. The molecule has 11 heteroatoms. The number of anilines is 2. The zero-order valence-corrected chi connectivity index (χ0v) is 17.6. The van der Waals surface area contributed by atoms with Crippen LogP contribution in [0.3, 0.4) is 0 Å². The molecule has 0 radical (unpaired) electrons. The summed E-state index contributed by atoms with van der Waals surface area (Å²) in [6.45, 7) is 0. The molecule has 0 heterocycles. The van der Waals surface area contributed by atoms with E-state index >= 15 is 0 Å². The molecular weight excluding hydrogens is 446 g/mol. The number of halogens is 1. The molecule has 0 fully saturated rings. The maximum Gasteiger partial charge on any atom is 0.289 e. The summed E-state index contributed by atoms with van der Waals surface area (Å²) in [7, 11) is -2.75. The Morgan fingerprint density at radius 3 is 2.52 bits per heavy atom. The van der Waals surface area contributed by atoms with Crippen LogP contribution >= 0.6 is 11.6 Å². The Labute approximate surface area is 182 Å². The van der Waals surface area contributed by atoms with Gasteiger partial charge in [-0.15, -0.1) is 0 Å². The number of methoxy groups -OCH3 is 1. The van der Waals surface area contributed by atoms with Crippen LogP contribution in [0, 0.1) is 10.1 Å². The number of hydrogen-bond acceptors (Lipinski definition) is 6. The van der Waals surface area contributed by atoms with Gasteiger partial charge in [-0.1, -0.05) is 29.8 Å². The van der Waals surface area contributed by atoms with Crippen molar-refractivity contribution < 1.29 is 22.9 Å². The van der Waals surface area contributed by atoms with Crippen molar-refractivity contribution in [3.8, 4) is 5.75 Å². The highest BCUT2D eigenvalue weighted by molar-refractivity contribution is 7.92. The van der Waals surface area contributed by atoms with Crippen LogP contribution in [0.5, 0.6) is 5.75 Å². The van der Waals surface area contributed by atoms with Gasteiger partial charge in [0.15, 0.2) is 0 Å². The molecule has 0 aliphatic heterocycles. The number of rotatable bonds is 7. The van der Waals surface area contributed by atoms with Gasteiger partial charge in [0, 0.05) is 17.8 Å². The van der Waals surface area contributed by atoms with Crippen LogP contribution in [0.2, 0.25) is 5.02 Å². The van der Waals surface area contributed by atoms with Gasteiger partial charge >= 0.3 is 0 Å². The first-order valence-electron chi connectivity index (χ1n) is 8.72. The highest BCUT2D eigenvalue weighted by Crippen LogP contribution is 2.29. The Morgan fingerprint density at radius 2 is 1.81 bits per heavy atom. The zero-order chi connectivity index (χ0) is 22.6. The monoisotopic (exact) mass is 461 g/mol. The molecule has 3 aromatic rings. The third kappa shape index (κ3) is 5.11. The van der Waals surface area contributed by atoms with Crippen molar-refractivity contribution in [3.05, 3.63) is 87.4 Å². The van der Waals surface area contributed by atoms with Crippen LogP contribution in [0.4, 0.5) is 17.1 Å². The van der Waals surface area contributed by atoms with Gasteiger partial charge in [-0.25, -0.2) is 8.42 Å². The molecule has 3 rings (SSSR count). The summed E-state index contributed by atoms with van der Waals surface area (Å²) in [5.74, 6) is -0.0234. The molecule has 0 saturated carbocycles. The highest BCUT2D eigenvalue weighted by atomic mass is 35.5. The average Bonchev–Trinajstić information content (AvgIpc) is 2.74. The predicted molar refractivity (Wildman–Crippen MR) is 116 cm³/mol. The van der Waals surface area contributed by atoms with E-state index in [0.29, 0.717) is 11.4 Å². The summed E-state index contributed by atoms with van der Waals surface area (Å²) >= 11 is 5.75. The Kier molecular flexibility index (Phi) is 6.42. The van der Waals surface area contributed by atoms with E-state index in [4.69, 9.17) is 16.3 Å². The lowest BCUT2D eigenvalue weighted by Crippen LogP contribution is -2.18. The normalized spacial score (nSPS) is 10.9. The standard InChI is InChI=1S/C20H16ClN3O6S/c1-30-14-6-4-5-13(11-14)22-20(25)16-7-2-3-8-18(16)23-31(28,29)15-9-10-17(21)19(12-15)24(26)27/h2-12,23H,1H3,(H,22,25). The lowest BCUT2D eigenvalue weighted by Gasteiger charge is -2.13. The van der Waals surface area contributed by atoms with Crippen molar-refractivity contribution in [2.45, 2.75) is 4.90 Å². The van der Waals surface area contributed by atoms with E-state index < -0.39 is 26.5 Å². The van der Waals surface area contributed by atoms with Crippen LogP contribution in [-0.4, -0.2) is 26.4 Å². The van der Waals surface area contributed by atoms with Crippen molar-refractivity contribution in [2.75, 3.05) is 17.1 Å². The summed E-state index contributed by atoms with van der Waals surface area (Å²) in [4.78, 5) is 22.7. The number of carbonyl (C=O) groups excluding carboxylic acids is 1. The molecule has 0 aromatic heterocycles. The molecule has 9 nitrogen and oxygen atoms in total. The van der Waals surface area contributed by atoms with Gasteiger partial charge in [-0.3, -0.25) is 19.6 Å². The molecular formula is C20H16ClN3O6S. The fourth-order valence-electron chi connectivity index (χ4n) is 2.67. The van der Waals surface area contributed by atoms with E-state index in [1.165, 1.54) is 19.2 Å². The van der Waals surface area contributed by atoms with Gasteiger partial charge in [0.2, 0.25) is 0 Å². The number of nitrogens with one attached hydrogen (secondary N) is 2. The average molecular weight is 462 g/mol. The number of sulfonamides is 1. The molecule has 0 saturated heterocycles. The fraction of sp³-hybridized carbons (Fsp3) is 0.0500. The predicted octanol–water partition coefficient (Wildman–Crippen LogP) is 4.31. The summed E-state index contributed by atoms with van der Waals surface area (Å²) in [5, 5.41) is 13.5. The third-order valence-electron chi connectivity index (χ3n) is 4.17. The smallest absolute Gasteiger partial charge is 0.289 e. The van der Waals surface area contributed by atoms with Gasteiger partial charge in [0.25, 0.3) is 21.6 Å². The van der Waals surface area contributed by atoms with E-state index in [2.05, 4.69) is 10.0 Å². The summed E-state index contributed by atoms with van der Waals surface area (Å²) in [6, 6.07) is 15.7. The van der Waals surface area contributed by atoms with Gasteiger partial charge in [-0.2, -0.15) is 0 Å². The summed E-state index contributed by atoms with van der Waals surface area (Å²) < 4.78 is 33.0.